The van der Waals surface area contributed by atoms with Crippen LogP contribution in [0.2, 0.25) is 5.02 Å². The zero-order chi connectivity index (χ0) is 23.3. The first-order valence-corrected chi connectivity index (χ1v) is 10.7. The molecule has 32 heavy (non-hydrogen) atoms. The van der Waals surface area contributed by atoms with E-state index in [9.17, 15) is 10.1 Å². The van der Waals surface area contributed by atoms with Crippen molar-refractivity contribution in [2.24, 2.45) is 5.92 Å². The zero-order valence-corrected chi connectivity index (χ0v) is 19.3. The van der Waals surface area contributed by atoms with Gasteiger partial charge in [-0.3, -0.25) is 0 Å². The molecule has 0 N–H and O–H groups in total. The second kappa shape index (κ2) is 10.3. The number of aromatic nitrogens is 3. The van der Waals surface area contributed by atoms with Crippen LogP contribution in [0.15, 0.2) is 40.3 Å². The van der Waals surface area contributed by atoms with E-state index >= 15 is 0 Å². The monoisotopic (exact) mass is 452 g/mol. The van der Waals surface area contributed by atoms with Crippen LogP contribution in [0.1, 0.15) is 43.1 Å². The van der Waals surface area contributed by atoms with E-state index < -0.39 is 5.97 Å². The molecule has 0 aliphatic carbocycles. The molecule has 0 radical (unpaired) electrons. The Kier molecular flexibility index (Phi) is 7.49. The second-order valence-corrected chi connectivity index (χ2v) is 8.35. The van der Waals surface area contributed by atoms with Gasteiger partial charge in [-0.25, -0.2) is 4.79 Å². The molecule has 0 saturated carbocycles. The summed E-state index contributed by atoms with van der Waals surface area (Å²) in [5.74, 6) is 0.264. The maximum Gasteiger partial charge on any atom is 0.349 e. The van der Waals surface area contributed by atoms with Gasteiger partial charge in [0.05, 0.1) is 0 Å². The predicted octanol–water partition coefficient (Wildman–Crippen LogP) is 5.50. The van der Waals surface area contributed by atoms with Gasteiger partial charge in [0.25, 0.3) is 5.89 Å². The molecular formula is C24H25ClN4O3. The summed E-state index contributed by atoms with van der Waals surface area (Å²) in [4.78, 5) is 12.5. The van der Waals surface area contributed by atoms with E-state index in [1.807, 2.05) is 26.0 Å². The summed E-state index contributed by atoms with van der Waals surface area (Å²) < 4.78 is 12.9. The first-order valence-electron chi connectivity index (χ1n) is 10.3. The molecule has 8 heteroatoms. The van der Waals surface area contributed by atoms with Gasteiger partial charge in [-0.2, -0.15) is 5.26 Å². The number of hydrogen-bond donors (Lipinski definition) is 0. The molecular weight excluding hydrogens is 428 g/mol. The average molecular weight is 453 g/mol. The lowest BCUT2D eigenvalue weighted by molar-refractivity contribution is -0.140. The zero-order valence-electron chi connectivity index (χ0n) is 18.6. The van der Waals surface area contributed by atoms with Crippen molar-refractivity contribution < 1.29 is 13.9 Å². The molecule has 0 saturated heterocycles. The van der Waals surface area contributed by atoms with Crippen LogP contribution >= 0.6 is 11.6 Å². The van der Waals surface area contributed by atoms with Gasteiger partial charge in [0.2, 0.25) is 5.89 Å². The Morgan fingerprint density at radius 3 is 2.66 bits per heavy atom. The van der Waals surface area contributed by atoms with Gasteiger partial charge in [-0.1, -0.05) is 25.4 Å². The minimum absolute atomic E-state index is 0.0912. The van der Waals surface area contributed by atoms with Crippen LogP contribution in [0.5, 0.6) is 0 Å². The van der Waals surface area contributed by atoms with Crippen molar-refractivity contribution in [2.75, 3.05) is 0 Å². The largest absolute Gasteiger partial charge is 0.451 e. The van der Waals surface area contributed by atoms with Crippen LogP contribution in [0.4, 0.5) is 0 Å². The van der Waals surface area contributed by atoms with Crippen LogP contribution in [0.25, 0.3) is 17.5 Å². The molecule has 2 aromatic heterocycles. The Bertz CT molecular complexity index is 1170. The number of rotatable bonds is 8. The molecule has 0 fully saturated rings. The molecule has 166 valence electrons. The number of esters is 1. The third-order valence-corrected chi connectivity index (χ3v) is 5.32. The number of carbonyl (C=O) groups excluding carboxylic acids is 1. The van der Waals surface area contributed by atoms with Crippen molar-refractivity contribution in [3.8, 4) is 17.5 Å². The Morgan fingerprint density at radius 1 is 1.28 bits per heavy atom. The summed E-state index contributed by atoms with van der Waals surface area (Å²) in [5.41, 5.74) is 3.52. The highest BCUT2D eigenvalue weighted by Gasteiger charge is 2.16. The first kappa shape index (κ1) is 23.3. The minimum Gasteiger partial charge on any atom is -0.451 e. The normalized spacial score (nSPS) is 11.6. The number of nitrogens with zero attached hydrogens (tertiary/aromatic N) is 4. The summed E-state index contributed by atoms with van der Waals surface area (Å²) in [6, 6.07) is 10.8. The van der Waals surface area contributed by atoms with Crippen LogP contribution in [-0.2, 0) is 22.7 Å². The fraction of sp³-hybridized carbons (Fsp3) is 0.333. The van der Waals surface area contributed by atoms with E-state index in [0.717, 1.165) is 29.9 Å². The Hall–Kier alpha value is -3.37. The maximum absolute atomic E-state index is 12.5. The SMILES string of the molecule is Cc1cc(/C=C(\C#N)C(=O)OCc2nnc(-c3ccc(Cl)cc3)o2)c(C)n1CCC(C)C. The molecule has 0 aliphatic heterocycles. The van der Waals surface area contributed by atoms with Gasteiger partial charge in [0.15, 0.2) is 6.61 Å². The number of ether oxygens (including phenoxy) is 1. The highest BCUT2D eigenvalue weighted by Crippen LogP contribution is 2.22. The van der Waals surface area contributed by atoms with Gasteiger partial charge >= 0.3 is 5.97 Å². The first-order chi connectivity index (χ1) is 15.3. The van der Waals surface area contributed by atoms with E-state index in [1.54, 1.807) is 30.3 Å². The van der Waals surface area contributed by atoms with Gasteiger partial charge < -0.3 is 13.7 Å². The fourth-order valence-electron chi connectivity index (χ4n) is 3.22. The molecule has 0 atom stereocenters. The van der Waals surface area contributed by atoms with Crippen molar-refractivity contribution in [3.63, 3.8) is 0 Å². The maximum atomic E-state index is 12.5. The second-order valence-electron chi connectivity index (χ2n) is 7.91. The van der Waals surface area contributed by atoms with E-state index in [4.69, 9.17) is 20.8 Å². The molecule has 0 unspecified atom stereocenters. The number of benzene rings is 1. The average Bonchev–Trinajstić information content (AvgIpc) is 3.33. The molecule has 2 heterocycles. The molecule has 3 aromatic rings. The summed E-state index contributed by atoms with van der Waals surface area (Å²) in [5, 5.41) is 17.9. The van der Waals surface area contributed by atoms with E-state index in [0.29, 0.717) is 16.5 Å². The summed E-state index contributed by atoms with van der Waals surface area (Å²) in [6.07, 6.45) is 2.61. The quantitative estimate of drug-likeness (QED) is 0.254. The Morgan fingerprint density at radius 2 is 2.00 bits per heavy atom. The lowest BCUT2D eigenvalue weighted by Gasteiger charge is -2.11. The smallest absolute Gasteiger partial charge is 0.349 e. The van der Waals surface area contributed by atoms with Gasteiger partial charge in [0, 0.05) is 28.5 Å². The fourth-order valence-corrected chi connectivity index (χ4v) is 3.35. The molecule has 7 nitrogen and oxygen atoms in total. The van der Waals surface area contributed by atoms with Crippen molar-refractivity contribution in [1.82, 2.24) is 14.8 Å². The van der Waals surface area contributed by atoms with Gasteiger partial charge in [0.1, 0.15) is 11.6 Å². The lowest BCUT2D eigenvalue weighted by atomic mass is 10.1. The predicted molar refractivity (Wildman–Crippen MR) is 121 cm³/mol. The summed E-state index contributed by atoms with van der Waals surface area (Å²) in [7, 11) is 0. The van der Waals surface area contributed by atoms with Crippen molar-refractivity contribution in [3.05, 3.63) is 63.8 Å². The highest BCUT2D eigenvalue weighted by molar-refractivity contribution is 6.30. The van der Waals surface area contributed by atoms with E-state index in [1.165, 1.54) is 0 Å². The van der Waals surface area contributed by atoms with Crippen LogP contribution < -0.4 is 0 Å². The van der Waals surface area contributed by atoms with Crippen LogP contribution in [0.3, 0.4) is 0 Å². The Balaban J connectivity index is 1.68. The topological polar surface area (TPSA) is 93.9 Å². The molecule has 0 aliphatic rings. The van der Waals surface area contributed by atoms with Crippen molar-refractivity contribution in [1.29, 1.82) is 5.26 Å². The minimum atomic E-state index is -0.745. The Labute approximate surface area is 192 Å². The van der Waals surface area contributed by atoms with Crippen molar-refractivity contribution in [2.45, 2.75) is 47.3 Å². The summed E-state index contributed by atoms with van der Waals surface area (Å²) >= 11 is 5.88. The molecule has 0 spiro atoms. The van der Waals surface area contributed by atoms with Gasteiger partial charge in [-0.05, 0) is 68.2 Å². The standard InChI is InChI=1S/C24H25ClN4O3/c1-15(2)9-10-29-16(3)11-19(17(29)4)12-20(13-26)24(30)31-14-22-27-28-23(32-22)18-5-7-21(25)8-6-18/h5-8,11-12,15H,9-10,14H2,1-4H3/b20-12+. The number of hydrogen-bond acceptors (Lipinski definition) is 6. The summed E-state index contributed by atoms with van der Waals surface area (Å²) in [6.45, 7) is 9.02. The van der Waals surface area contributed by atoms with Crippen molar-refractivity contribution >= 4 is 23.6 Å². The van der Waals surface area contributed by atoms with Crippen LogP contribution in [0, 0.1) is 31.1 Å². The van der Waals surface area contributed by atoms with Gasteiger partial charge in [-0.15, -0.1) is 10.2 Å². The third kappa shape index (κ3) is 5.65. The van der Waals surface area contributed by atoms with Crippen LogP contribution in [-0.4, -0.2) is 20.7 Å². The van der Waals surface area contributed by atoms with E-state index in [-0.39, 0.29) is 24.0 Å². The number of aryl methyl sites for hydroxylation is 1. The number of carbonyl (C=O) groups is 1. The highest BCUT2D eigenvalue weighted by atomic mass is 35.5. The molecule has 0 bridgehead atoms. The number of halogens is 1. The molecule has 1 aromatic carbocycles. The molecule has 0 amide bonds. The lowest BCUT2D eigenvalue weighted by Crippen LogP contribution is -2.07. The van der Waals surface area contributed by atoms with E-state index in [2.05, 4.69) is 28.6 Å². The molecule has 3 rings (SSSR count). The third-order valence-electron chi connectivity index (χ3n) is 5.07. The number of nitriles is 1.